The van der Waals surface area contributed by atoms with E-state index < -0.39 is 38.7 Å². The zero-order chi connectivity index (χ0) is 16.2. The number of hydrogen-bond donors (Lipinski definition) is 1. The third-order valence-electron chi connectivity index (χ3n) is 2.63. The fourth-order valence-electron chi connectivity index (χ4n) is 1.23. The quantitative estimate of drug-likeness (QED) is 0.319. The molecule has 0 aromatic carbocycles. The second-order valence-corrected chi connectivity index (χ2v) is 7.24. The predicted molar refractivity (Wildman–Crippen MR) is 66.9 cm³/mol. The van der Waals surface area contributed by atoms with Crippen LogP contribution in [0.3, 0.4) is 0 Å². The van der Waals surface area contributed by atoms with Crippen LogP contribution in [-0.4, -0.2) is 57.8 Å². The van der Waals surface area contributed by atoms with Crippen molar-refractivity contribution in [2.45, 2.75) is 31.6 Å². The molecule has 0 saturated heterocycles. The highest BCUT2D eigenvalue weighted by atomic mass is 32.2. The second kappa shape index (κ2) is 6.54. The van der Waals surface area contributed by atoms with E-state index in [0.29, 0.717) is 6.92 Å². The highest BCUT2D eigenvalue weighted by molar-refractivity contribution is 7.89. The van der Waals surface area contributed by atoms with Crippen molar-refractivity contribution in [2.75, 3.05) is 32.9 Å². The minimum atomic E-state index is -5.10. The maximum atomic E-state index is 13.2. The van der Waals surface area contributed by atoms with Gasteiger partial charge in [0.1, 0.15) is 0 Å². The molecule has 0 rings (SSSR count). The highest BCUT2D eigenvalue weighted by Gasteiger charge is 2.52. The Labute approximate surface area is 116 Å². The van der Waals surface area contributed by atoms with Gasteiger partial charge >= 0.3 is 6.18 Å². The van der Waals surface area contributed by atoms with E-state index in [9.17, 15) is 31.2 Å². The number of nitrogens with one attached hydrogen (secondary N) is 1. The fraction of sp³-hybridized carbons (Fsp3) is 1.00. The Balaban J connectivity index is 4.22. The van der Waals surface area contributed by atoms with E-state index in [-0.39, 0.29) is 19.5 Å². The lowest BCUT2D eigenvalue weighted by Crippen LogP contribution is -2.41. The topological polar surface area (TPSA) is 69.2 Å². The molecule has 0 fully saturated rings. The molecule has 1 N–H and O–H groups in total. The van der Waals surface area contributed by atoms with E-state index in [4.69, 9.17) is 0 Å². The van der Waals surface area contributed by atoms with Crippen LogP contribution in [0.4, 0.5) is 17.6 Å². The zero-order valence-electron chi connectivity index (χ0n) is 11.6. The molecular weight excluding hydrogens is 304 g/mol. The standard InChI is InChI=1S/C10H20F4N2O3S/c1-9(11,10(12,13)14)5-8-20(18,19)15-6-4-7-16(2,3)17/h15H,4-8H2,1-3H3. The van der Waals surface area contributed by atoms with E-state index in [0.717, 1.165) is 0 Å². The summed E-state index contributed by atoms with van der Waals surface area (Å²) in [5.41, 5.74) is -3.55. The summed E-state index contributed by atoms with van der Waals surface area (Å²) < 4.78 is 74.1. The van der Waals surface area contributed by atoms with Gasteiger partial charge in [0.2, 0.25) is 15.7 Å². The molecule has 1 atom stereocenters. The maximum absolute atomic E-state index is 13.2. The first kappa shape index (κ1) is 19.6. The summed E-state index contributed by atoms with van der Waals surface area (Å²) in [6.07, 6.45) is -6.04. The first-order valence-electron chi connectivity index (χ1n) is 5.93. The molecule has 1 unspecified atom stereocenters. The van der Waals surface area contributed by atoms with E-state index >= 15 is 0 Å². The molecule has 5 nitrogen and oxygen atoms in total. The Morgan fingerprint density at radius 1 is 1.20 bits per heavy atom. The maximum Gasteiger partial charge on any atom is 0.422 e. The minimum Gasteiger partial charge on any atom is -0.633 e. The van der Waals surface area contributed by atoms with Gasteiger partial charge in [0.05, 0.1) is 26.4 Å². The number of halogens is 4. The first-order valence-corrected chi connectivity index (χ1v) is 7.58. The van der Waals surface area contributed by atoms with Crippen LogP contribution in [0.5, 0.6) is 0 Å². The van der Waals surface area contributed by atoms with Gasteiger partial charge in [-0.25, -0.2) is 17.5 Å². The van der Waals surface area contributed by atoms with Crippen molar-refractivity contribution in [1.82, 2.24) is 4.72 Å². The number of hydrogen-bond acceptors (Lipinski definition) is 3. The summed E-state index contributed by atoms with van der Waals surface area (Å²) in [5.74, 6) is -0.963. The van der Waals surface area contributed by atoms with Crippen molar-refractivity contribution in [3.05, 3.63) is 5.21 Å². The Bertz CT molecular complexity index is 402. The number of hydroxylamine groups is 3. The second-order valence-electron chi connectivity index (χ2n) is 5.31. The average molecular weight is 324 g/mol. The summed E-state index contributed by atoms with van der Waals surface area (Å²) in [4.78, 5) is 0. The van der Waals surface area contributed by atoms with Crippen LogP contribution in [0.25, 0.3) is 0 Å². The summed E-state index contributed by atoms with van der Waals surface area (Å²) >= 11 is 0. The molecule has 10 heteroatoms. The lowest BCUT2D eigenvalue weighted by Gasteiger charge is -2.33. The number of quaternary nitrogens is 1. The van der Waals surface area contributed by atoms with Gasteiger partial charge in [-0.1, -0.05) is 0 Å². The molecule has 0 spiro atoms. The Hall–Kier alpha value is -0.450. The average Bonchev–Trinajstić information content (AvgIpc) is 2.19. The van der Waals surface area contributed by atoms with Crippen LogP contribution in [0.2, 0.25) is 0 Å². The largest absolute Gasteiger partial charge is 0.633 e. The zero-order valence-corrected chi connectivity index (χ0v) is 12.4. The smallest absolute Gasteiger partial charge is 0.422 e. The fourth-order valence-corrected chi connectivity index (χ4v) is 2.48. The van der Waals surface area contributed by atoms with Crippen LogP contribution < -0.4 is 4.72 Å². The molecule has 0 saturated carbocycles. The summed E-state index contributed by atoms with van der Waals surface area (Å²) in [5, 5.41) is 11.2. The van der Waals surface area contributed by atoms with Gasteiger partial charge in [0.25, 0.3) is 0 Å². The van der Waals surface area contributed by atoms with Crippen molar-refractivity contribution < 1.29 is 30.6 Å². The van der Waals surface area contributed by atoms with Gasteiger partial charge in [-0.15, -0.1) is 0 Å². The first-order chi connectivity index (χ1) is 8.66. The summed E-state index contributed by atoms with van der Waals surface area (Å²) in [6, 6.07) is 0. The molecule has 0 heterocycles. The van der Waals surface area contributed by atoms with E-state index in [1.165, 1.54) is 14.1 Å². The minimum absolute atomic E-state index is 0.0682. The number of sulfonamides is 1. The van der Waals surface area contributed by atoms with Crippen molar-refractivity contribution >= 4 is 10.0 Å². The molecular formula is C10H20F4N2O3S. The van der Waals surface area contributed by atoms with Crippen LogP contribution in [0.15, 0.2) is 0 Å². The van der Waals surface area contributed by atoms with Crippen molar-refractivity contribution in [2.24, 2.45) is 0 Å². The van der Waals surface area contributed by atoms with Gasteiger partial charge in [0, 0.05) is 19.4 Å². The van der Waals surface area contributed by atoms with Gasteiger partial charge < -0.3 is 9.85 Å². The van der Waals surface area contributed by atoms with E-state index in [1.807, 2.05) is 4.72 Å². The summed E-state index contributed by atoms with van der Waals surface area (Å²) in [6.45, 7) is 0.396. The molecule has 0 amide bonds. The summed E-state index contributed by atoms with van der Waals surface area (Å²) in [7, 11) is -1.23. The van der Waals surface area contributed by atoms with Crippen molar-refractivity contribution in [3.63, 3.8) is 0 Å². The lowest BCUT2D eigenvalue weighted by atomic mass is 10.1. The molecule has 0 aliphatic carbocycles. The monoisotopic (exact) mass is 324 g/mol. The number of rotatable bonds is 8. The third kappa shape index (κ3) is 7.98. The van der Waals surface area contributed by atoms with Gasteiger partial charge in [-0.3, -0.25) is 0 Å². The van der Waals surface area contributed by atoms with Crippen molar-refractivity contribution in [3.8, 4) is 0 Å². The van der Waals surface area contributed by atoms with Crippen LogP contribution in [0, 0.1) is 5.21 Å². The molecule has 0 radical (unpaired) electrons. The Kier molecular flexibility index (Phi) is 6.40. The molecule has 0 aliphatic heterocycles. The number of nitrogens with zero attached hydrogens (tertiary/aromatic N) is 1. The Morgan fingerprint density at radius 2 is 1.70 bits per heavy atom. The van der Waals surface area contributed by atoms with Crippen LogP contribution in [0.1, 0.15) is 19.8 Å². The van der Waals surface area contributed by atoms with Crippen LogP contribution in [-0.2, 0) is 10.0 Å². The normalized spacial score (nSPS) is 17.0. The third-order valence-corrected chi connectivity index (χ3v) is 4.01. The van der Waals surface area contributed by atoms with Gasteiger partial charge in [-0.2, -0.15) is 13.2 Å². The molecule has 0 aliphatic rings. The molecule has 0 aromatic rings. The SMILES string of the molecule is CC(F)(CCS(=O)(=O)NCCC[N+](C)(C)[O-])C(F)(F)F. The number of alkyl halides is 4. The molecule has 0 aromatic heterocycles. The van der Waals surface area contributed by atoms with E-state index in [2.05, 4.69) is 0 Å². The molecule has 20 heavy (non-hydrogen) atoms. The molecule has 122 valence electrons. The predicted octanol–water partition coefficient (Wildman–Crippen LogP) is 1.55. The van der Waals surface area contributed by atoms with Crippen LogP contribution >= 0.6 is 0 Å². The van der Waals surface area contributed by atoms with Gasteiger partial charge in [0.15, 0.2) is 0 Å². The highest BCUT2D eigenvalue weighted by Crippen LogP contribution is 2.36. The van der Waals surface area contributed by atoms with Gasteiger partial charge in [-0.05, 0) is 6.92 Å². The van der Waals surface area contributed by atoms with E-state index in [1.54, 1.807) is 0 Å². The Morgan fingerprint density at radius 3 is 2.10 bits per heavy atom. The molecule has 0 bridgehead atoms. The lowest BCUT2D eigenvalue weighted by molar-refractivity contribution is -0.840. The van der Waals surface area contributed by atoms with Crippen molar-refractivity contribution in [1.29, 1.82) is 0 Å².